The summed E-state index contributed by atoms with van der Waals surface area (Å²) in [4.78, 5) is 11.0. The molecule has 0 atom stereocenters. The third-order valence-corrected chi connectivity index (χ3v) is 1.24. The Bertz CT molecular complexity index is 212. The molecule has 0 N–H and O–H groups in total. The van der Waals surface area contributed by atoms with Gasteiger partial charge in [0.1, 0.15) is 5.60 Å². The molecule has 0 rings (SSSR count). The summed E-state index contributed by atoms with van der Waals surface area (Å²) in [6, 6.07) is 0. The average molecular weight is 182 g/mol. The lowest BCUT2D eigenvalue weighted by molar-refractivity contribution is -0.147. The van der Waals surface area contributed by atoms with E-state index in [0.717, 1.165) is 19.3 Å². The van der Waals surface area contributed by atoms with Crippen LogP contribution in [-0.4, -0.2) is 11.6 Å². The minimum absolute atomic E-state index is 0.427. The van der Waals surface area contributed by atoms with Crippen molar-refractivity contribution in [2.45, 2.75) is 52.6 Å². The van der Waals surface area contributed by atoms with Gasteiger partial charge in [-0.25, -0.2) is 4.79 Å². The van der Waals surface area contributed by atoms with Crippen molar-refractivity contribution in [3.05, 3.63) is 0 Å². The summed E-state index contributed by atoms with van der Waals surface area (Å²) in [5.41, 5.74) is -0.434. The fourth-order valence-corrected chi connectivity index (χ4v) is 0.703. The molecule has 2 nitrogen and oxygen atoms in total. The molecule has 0 aromatic rings. The predicted molar refractivity (Wildman–Crippen MR) is 53.1 cm³/mol. The highest BCUT2D eigenvalue weighted by Crippen LogP contribution is 2.06. The molecule has 0 saturated heterocycles. The van der Waals surface area contributed by atoms with Gasteiger partial charge >= 0.3 is 5.97 Å². The van der Waals surface area contributed by atoms with Gasteiger partial charge in [0.05, 0.1) is 0 Å². The SMILES string of the molecule is CCCCC#CC(=O)OC(C)(C)C. The first-order valence-electron chi connectivity index (χ1n) is 4.67. The van der Waals surface area contributed by atoms with Crippen LogP contribution in [0.25, 0.3) is 0 Å². The predicted octanol–water partition coefficient (Wildman–Crippen LogP) is 2.52. The number of carbonyl (C=O) groups excluding carboxylic acids is 1. The van der Waals surface area contributed by atoms with Crippen molar-refractivity contribution >= 4 is 5.97 Å². The standard InChI is InChI=1S/C11H18O2/c1-5-6-7-8-9-10(12)13-11(2,3)4/h5-7H2,1-4H3. The summed E-state index contributed by atoms with van der Waals surface area (Å²) in [5, 5.41) is 0. The van der Waals surface area contributed by atoms with Crippen molar-refractivity contribution < 1.29 is 9.53 Å². The van der Waals surface area contributed by atoms with Gasteiger partial charge in [0.15, 0.2) is 0 Å². The van der Waals surface area contributed by atoms with E-state index in [1.807, 2.05) is 20.8 Å². The molecule has 0 bridgehead atoms. The Balaban J connectivity index is 3.78. The van der Waals surface area contributed by atoms with Gasteiger partial charge in [-0.2, -0.15) is 0 Å². The first-order valence-corrected chi connectivity index (χ1v) is 4.67. The van der Waals surface area contributed by atoms with E-state index in [0.29, 0.717) is 0 Å². The minimum Gasteiger partial charge on any atom is -0.450 e. The molecule has 0 fully saturated rings. The van der Waals surface area contributed by atoms with Gasteiger partial charge in [-0.05, 0) is 27.2 Å². The number of unbranched alkanes of at least 4 members (excludes halogenated alkanes) is 2. The van der Waals surface area contributed by atoms with E-state index in [9.17, 15) is 4.79 Å². The number of ether oxygens (including phenoxy) is 1. The fourth-order valence-electron chi connectivity index (χ4n) is 0.703. The van der Waals surface area contributed by atoms with E-state index in [-0.39, 0.29) is 0 Å². The topological polar surface area (TPSA) is 26.3 Å². The summed E-state index contributed by atoms with van der Waals surface area (Å²) in [6.45, 7) is 7.59. The van der Waals surface area contributed by atoms with Crippen LogP contribution in [0, 0.1) is 11.8 Å². The zero-order valence-corrected chi connectivity index (χ0v) is 8.94. The molecule has 0 saturated carbocycles. The smallest absolute Gasteiger partial charge is 0.384 e. The van der Waals surface area contributed by atoms with Crippen molar-refractivity contribution in [3.63, 3.8) is 0 Å². The molecule has 0 aliphatic rings. The molecule has 74 valence electrons. The molecule has 0 radical (unpaired) electrons. The van der Waals surface area contributed by atoms with Crippen molar-refractivity contribution in [3.8, 4) is 11.8 Å². The monoisotopic (exact) mass is 182 g/mol. The highest BCUT2D eigenvalue weighted by molar-refractivity contribution is 5.88. The third kappa shape index (κ3) is 8.94. The van der Waals surface area contributed by atoms with Crippen molar-refractivity contribution in [2.75, 3.05) is 0 Å². The second-order valence-corrected chi connectivity index (χ2v) is 3.91. The molecular weight excluding hydrogens is 164 g/mol. The summed E-state index contributed by atoms with van der Waals surface area (Å²) in [5.74, 6) is 4.82. The van der Waals surface area contributed by atoms with Gasteiger partial charge in [-0.1, -0.05) is 19.3 Å². The fraction of sp³-hybridized carbons (Fsp3) is 0.727. The zero-order valence-electron chi connectivity index (χ0n) is 8.94. The second-order valence-electron chi connectivity index (χ2n) is 3.91. The van der Waals surface area contributed by atoms with Crippen LogP contribution in [0.4, 0.5) is 0 Å². The Labute approximate surface area is 80.7 Å². The van der Waals surface area contributed by atoms with Crippen molar-refractivity contribution in [1.82, 2.24) is 0 Å². The average Bonchev–Trinajstić information content (AvgIpc) is 1.94. The van der Waals surface area contributed by atoms with E-state index in [4.69, 9.17) is 4.74 Å². The molecule has 0 aliphatic carbocycles. The lowest BCUT2D eigenvalue weighted by Gasteiger charge is -2.16. The van der Waals surface area contributed by atoms with Crippen LogP contribution < -0.4 is 0 Å². The Hall–Kier alpha value is -0.970. The molecule has 0 heterocycles. The highest BCUT2D eigenvalue weighted by atomic mass is 16.6. The molecule has 13 heavy (non-hydrogen) atoms. The number of hydrogen-bond acceptors (Lipinski definition) is 2. The first kappa shape index (κ1) is 12.0. The van der Waals surface area contributed by atoms with Crippen molar-refractivity contribution in [2.24, 2.45) is 0 Å². The molecule has 2 heteroatoms. The molecule has 0 spiro atoms. The number of esters is 1. The van der Waals surface area contributed by atoms with Crippen LogP contribution in [0.5, 0.6) is 0 Å². The lowest BCUT2D eigenvalue weighted by Crippen LogP contribution is -2.22. The van der Waals surface area contributed by atoms with Gasteiger partial charge in [-0.3, -0.25) is 0 Å². The summed E-state index contributed by atoms with van der Waals surface area (Å²) < 4.78 is 5.01. The molecule has 0 aromatic heterocycles. The Kier molecular flexibility index (Phi) is 5.22. The van der Waals surface area contributed by atoms with Gasteiger partial charge in [0.2, 0.25) is 0 Å². The summed E-state index contributed by atoms with van der Waals surface area (Å²) in [6.07, 6.45) is 2.91. The van der Waals surface area contributed by atoms with Crippen LogP contribution in [-0.2, 0) is 9.53 Å². The normalized spacial score (nSPS) is 10.2. The van der Waals surface area contributed by atoms with Crippen LogP contribution in [0.15, 0.2) is 0 Å². The maximum atomic E-state index is 11.0. The number of rotatable bonds is 2. The van der Waals surface area contributed by atoms with Gasteiger partial charge in [0.25, 0.3) is 0 Å². The third-order valence-electron chi connectivity index (χ3n) is 1.24. The van der Waals surface area contributed by atoms with E-state index in [1.54, 1.807) is 0 Å². The maximum Gasteiger partial charge on any atom is 0.384 e. The molecular formula is C11H18O2. The van der Waals surface area contributed by atoms with E-state index < -0.39 is 11.6 Å². The van der Waals surface area contributed by atoms with Crippen LogP contribution in [0.1, 0.15) is 47.0 Å². The molecule has 0 unspecified atom stereocenters. The summed E-state index contributed by atoms with van der Waals surface area (Å²) in [7, 11) is 0. The van der Waals surface area contributed by atoms with Gasteiger partial charge < -0.3 is 4.74 Å². The lowest BCUT2D eigenvalue weighted by atomic mass is 10.2. The van der Waals surface area contributed by atoms with Gasteiger partial charge in [-0.15, -0.1) is 0 Å². The maximum absolute atomic E-state index is 11.0. The van der Waals surface area contributed by atoms with E-state index in [2.05, 4.69) is 18.8 Å². The summed E-state index contributed by atoms with van der Waals surface area (Å²) >= 11 is 0. The molecule has 0 aliphatic heterocycles. The van der Waals surface area contributed by atoms with Crippen LogP contribution in [0.3, 0.4) is 0 Å². The molecule has 0 aromatic carbocycles. The Morgan fingerprint density at radius 1 is 1.38 bits per heavy atom. The second kappa shape index (κ2) is 5.64. The van der Waals surface area contributed by atoms with Crippen LogP contribution >= 0.6 is 0 Å². The zero-order chi connectivity index (χ0) is 10.3. The number of carbonyl (C=O) groups is 1. The largest absolute Gasteiger partial charge is 0.450 e. The molecule has 0 amide bonds. The van der Waals surface area contributed by atoms with Gasteiger partial charge in [0, 0.05) is 12.3 Å². The Morgan fingerprint density at radius 2 is 2.00 bits per heavy atom. The minimum atomic E-state index is -0.434. The number of hydrogen-bond donors (Lipinski definition) is 0. The first-order chi connectivity index (χ1) is 5.95. The van der Waals surface area contributed by atoms with Crippen LogP contribution in [0.2, 0.25) is 0 Å². The Morgan fingerprint density at radius 3 is 2.46 bits per heavy atom. The van der Waals surface area contributed by atoms with E-state index >= 15 is 0 Å². The van der Waals surface area contributed by atoms with E-state index in [1.165, 1.54) is 0 Å². The van der Waals surface area contributed by atoms with Crippen molar-refractivity contribution in [1.29, 1.82) is 0 Å². The quantitative estimate of drug-likeness (QED) is 0.284. The highest BCUT2D eigenvalue weighted by Gasteiger charge is 2.13.